The minimum absolute atomic E-state index is 0.563. The van der Waals surface area contributed by atoms with E-state index in [0.29, 0.717) is 12.0 Å². The maximum atomic E-state index is 6.08. The van der Waals surface area contributed by atoms with E-state index >= 15 is 0 Å². The molecular formula is C15H24ClN. The topological polar surface area (TPSA) is 12.0 Å². The third kappa shape index (κ3) is 4.33. The molecule has 0 spiro atoms. The van der Waals surface area contributed by atoms with Gasteiger partial charge in [-0.1, -0.05) is 50.9 Å². The quantitative estimate of drug-likeness (QED) is 0.748. The van der Waals surface area contributed by atoms with Crippen LogP contribution in [0.15, 0.2) is 24.3 Å². The largest absolute Gasteiger partial charge is 0.314 e. The van der Waals surface area contributed by atoms with Crippen molar-refractivity contribution < 1.29 is 0 Å². The molecule has 0 aliphatic carbocycles. The van der Waals surface area contributed by atoms with Crippen molar-refractivity contribution in [1.82, 2.24) is 5.32 Å². The molecule has 1 nitrogen and oxygen atoms in total. The van der Waals surface area contributed by atoms with Gasteiger partial charge in [-0.05, 0) is 43.0 Å². The average molecular weight is 254 g/mol. The van der Waals surface area contributed by atoms with Crippen molar-refractivity contribution in [2.24, 2.45) is 0 Å². The number of rotatable bonds is 7. The standard InChI is InChI=1S/C15H24ClN/c1-4-8-15(17-6-3)14(5-2)12-9-7-10-13(16)11-12/h7,9-11,14-15,17H,4-6,8H2,1-3H3. The van der Waals surface area contributed by atoms with Gasteiger partial charge < -0.3 is 5.32 Å². The van der Waals surface area contributed by atoms with Crippen LogP contribution >= 0.6 is 11.6 Å². The van der Waals surface area contributed by atoms with Gasteiger partial charge in [0.25, 0.3) is 0 Å². The lowest BCUT2D eigenvalue weighted by Crippen LogP contribution is -2.34. The summed E-state index contributed by atoms with van der Waals surface area (Å²) in [6, 6.07) is 8.86. The lowest BCUT2D eigenvalue weighted by atomic mass is 9.87. The highest BCUT2D eigenvalue weighted by Gasteiger charge is 2.20. The van der Waals surface area contributed by atoms with Crippen LogP contribution < -0.4 is 5.32 Å². The summed E-state index contributed by atoms with van der Waals surface area (Å²) >= 11 is 6.08. The van der Waals surface area contributed by atoms with Crippen molar-refractivity contribution >= 4 is 11.6 Å². The average Bonchev–Trinajstić information content (AvgIpc) is 2.31. The minimum atomic E-state index is 0.563. The van der Waals surface area contributed by atoms with E-state index in [1.165, 1.54) is 18.4 Å². The molecule has 0 saturated heterocycles. The van der Waals surface area contributed by atoms with Crippen molar-refractivity contribution in [2.45, 2.75) is 52.0 Å². The molecule has 2 heteroatoms. The smallest absolute Gasteiger partial charge is 0.0408 e. The fourth-order valence-corrected chi connectivity index (χ4v) is 2.71. The van der Waals surface area contributed by atoms with E-state index < -0.39 is 0 Å². The summed E-state index contributed by atoms with van der Waals surface area (Å²) in [5, 5.41) is 4.45. The summed E-state index contributed by atoms with van der Waals surface area (Å²) in [7, 11) is 0. The third-order valence-electron chi connectivity index (χ3n) is 3.27. The second-order valence-electron chi connectivity index (χ2n) is 4.52. The Morgan fingerprint density at radius 2 is 2.00 bits per heavy atom. The predicted molar refractivity (Wildman–Crippen MR) is 76.9 cm³/mol. The summed E-state index contributed by atoms with van der Waals surface area (Å²) in [6.45, 7) is 7.70. The molecule has 0 bridgehead atoms. The fraction of sp³-hybridized carbons (Fsp3) is 0.600. The molecule has 1 N–H and O–H groups in total. The maximum Gasteiger partial charge on any atom is 0.0408 e. The van der Waals surface area contributed by atoms with Gasteiger partial charge in [0.1, 0.15) is 0 Å². The van der Waals surface area contributed by atoms with Crippen LogP contribution in [-0.4, -0.2) is 12.6 Å². The Bertz CT molecular complexity index is 318. The number of halogens is 1. The van der Waals surface area contributed by atoms with Crippen LogP contribution in [0.4, 0.5) is 0 Å². The van der Waals surface area contributed by atoms with Crippen molar-refractivity contribution in [3.8, 4) is 0 Å². The molecule has 2 unspecified atom stereocenters. The Hall–Kier alpha value is -0.530. The third-order valence-corrected chi connectivity index (χ3v) is 3.50. The Morgan fingerprint density at radius 3 is 2.53 bits per heavy atom. The van der Waals surface area contributed by atoms with E-state index in [4.69, 9.17) is 11.6 Å². The zero-order valence-corrected chi connectivity index (χ0v) is 11.9. The lowest BCUT2D eigenvalue weighted by molar-refractivity contribution is 0.404. The van der Waals surface area contributed by atoms with Crippen LogP contribution in [0.3, 0.4) is 0 Å². The van der Waals surface area contributed by atoms with Gasteiger partial charge in [0, 0.05) is 11.1 Å². The van der Waals surface area contributed by atoms with Gasteiger partial charge in [-0.3, -0.25) is 0 Å². The number of hydrogen-bond acceptors (Lipinski definition) is 1. The molecule has 0 fully saturated rings. The SMILES string of the molecule is CCCC(NCC)C(CC)c1cccc(Cl)c1. The summed E-state index contributed by atoms with van der Waals surface area (Å²) in [5.74, 6) is 0.564. The Kier molecular flexibility index (Phi) is 6.61. The molecule has 0 aliphatic heterocycles. The highest BCUT2D eigenvalue weighted by atomic mass is 35.5. The molecular weight excluding hydrogens is 230 g/mol. The second kappa shape index (κ2) is 7.73. The van der Waals surface area contributed by atoms with Crippen molar-refractivity contribution in [3.05, 3.63) is 34.9 Å². The Morgan fingerprint density at radius 1 is 1.24 bits per heavy atom. The lowest BCUT2D eigenvalue weighted by Gasteiger charge is -2.27. The molecule has 0 aliphatic rings. The Labute approximate surface area is 111 Å². The van der Waals surface area contributed by atoms with Gasteiger partial charge in [0.05, 0.1) is 0 Å². The molecule has 1 aromatic carbocycles. The molecule has 1 aromatic rings. The predicted octanol–water partition coefficient (Wildman–Crippen LogP) is 4.61. The first-order chi connectivity index (χ1) is 8.22. The fourth-order valence-electron chi connectivity index (χ4n) is 2.51. The zero-order chi connectivity index (χ0) is 12.7. The van der Waals surface area contributed by atoms with Crippen LogP contribution in [0.1, 0.15) is 51.5 Å². The number of nitrogens with one attached hydrogen (secondary N) is 1. The first-order valence-electron chi connectivity index (χ1n) is 6.71. The highest BCUT2D eigenvalue weighted by molar-refractivity contribution is 6.30. The molecule has 2 atom stereocenters. The number of hydrogen-bond donors (Lipinski definition) is 1. The normalized spacial score (nSPS) is 14.6. The minimum Gasteiger partial charge on any atom is -0.314 e. The van der Waals surface area contributed by atoms with E-state index in [1.807, 2.05) is 6.07 Å². The van der Waals surface area contributed by atoms with Gasteiger partial charge >= 0.3 is 0 Å². The highest BCUT2D eigenvalue weighted by Crippen LogP contribution is 2.27. The van der Waals surface area contributed by atoms with Crippen LogP contribution in [0.2, 0.25) is 5.02 Å². The van der Waals surface area contributed by atoms with Crippen molar-refractivity contribution in [2.75, 3.05) is 6.54 Å². The monoisotopic (exact) mass is 253 g/mol. The molecule has 17 heavy (non-hydrogen) atoms. The second-order valence-corrected chi connectivity index (χ2v) is 4.96. The maximum absolute atomic E-state index is 6.08. The first-order valence-corrected chi connectivity index (χ1v) is 7.09. The molecule has 0 saturated carbocycles. The van der Waals surface area contributed by atoms with E-state index in [1.54, 1.807) is 0 Å². The first kappa shape index (κ1) is 14.5. The van der Waals surface area contributed by atoms with Gasteiger partial charge in [0.15, 0.2) is 0 Å². The summed E-state index contributed by atoms with van der Waals surface area (Å²) < 4.78 is 0. The van der Waals surface area contributed by atoms with Gasteiger partial charge in [-0.15, -0.1) is 0 Å². The van der Waals surface area contributed by atoms with Crippen LogP contribution in [0, 0.1) is 0 Å². The molecule has 96 valence electrons. The van der Waals surface area contributed by atoms with Crippen molar-refractivity contribution in [1.29, 1.82) is 0 Å². The molecule has 1 rings (SSSR count). The number of likely N-dealkylation sites (N-methyl/N-ethyl adjacent to an activating group) is 1. The molecule has 0 heterocycles. The summed E-state index contributed by atoms with van der Waals surface area (Å²) in [5.41, 5.74) is 1.36. The zero-order valence-electron chi connectivity index (χ0n) is 11.2. The van der Waals surface area contributed by atoms with E-state index in [0.717, 1.165) is 18.0 Å². The Balaban J connectivity index is 2.87. The number of benzene rings is 1. The van der Waals surface area contributed by atoms with E-state index in [9.17, 15) is 0 Å². The van der Waals surface area contributed by atoms with E-state index in [-0.39, 0.29) is 0 Å². The van der Waals surface area contributed by atoms with E-state index in [2.05, 4.69) is 44.3 Å². The summed E-state index contributed by atoms with van der Waals surface area (Å²) in [6.07, 6.45) is 3.59. The molecule has 0 radical (unpaired) electrons. The molecule has 0 amide bonds. The van der Waals surface area contributed by atoms with Crippen molar-refractivity contribution in [3.63, 3.8) is 0 Å². The van der Waals surface area contributed by atoms with Gasteiger partial charge in [-0.25, -0.2) is 0 Å². The van der Waals surface area contributed by atoms with Crippen LogP contribution in [0.5, 0.6) is 0 Å². The summed E-state index contributed by atoms with van der Waals surface area (Å²) in [4.78, 5) is 0. The van der Waals surface area contributed by atoms with Gasteiger partial charge in [0.2, 0.25) is 0 Å². The van der Waals surface area contributed by atoms with Gasteiger partial charge in [-0.2, -0.15) is 0 Å². The van der Waals surface area contributed by atoms with Crippen LogP contribution in [-0.2, 0) is 0 Å². The molecule has 0 aromatic heterocycles. The van der Waals surface area contributed by atoms with Crippen LogP contribution in [0.25, 0.3) is 0 Å².